The number of rotatable bonds is 6. The Morgan fingerprint density at radius 2 is 2.00 bits per heavy atom. The van der Waals surface area contributed by atoms with Crippen molar-refractivity contribution in [2.24, 2.45) is 11.8 Å². The second-order valence-corrected chi connectivity index (χ2v) is 4.78. The van der Waals surface area contributed by atoms with Crippen molar-refractivity contribution in [2.45, 2.75) is 46.5 Å². The smallest absolute Gasteiger partial charge is 0.0149 e. The van der Waals surface area contributed by atoms with E-state index in [0.29, 0.717) is 0 Å². The average molecular weight is 203 g/mol. The van der Waals surface area contributed by atoms with Crippen LogP contribution >= 0.6 is 0 Å². The number of hydrogen-bond donors (Lipinski definition) is 0. The maximum absolute atomic E-state index is 3.29. The van der Waals surface area contributed by atoms with Crippen molar-refractivity contribution in [3.05, 3.63) is 35.9 Å². The van der Waals surface area contributed by atoms with E-state index in [1.807, 2.05) is 12.1 Å². The summed E-state index contributed by atoms with van der Waals surface area (Å²) in [5.74, 6) is 1.72. The lowest BCUT2D eigenvalue weighted by Gasteiger charge is -2.15. The molecule has 1 aromatic carbocycles. The van der Waals surface area contributed by atoms with E-state index in [9.17, 15) is 0 Å². The maximum Gasteiger partial charge on any atom is -0.0149 e. The quantitative estimate of drug-likeness (QED) is 0.639. The van der Waals surface area contributed by atoms with Crippen molar-refractivity contribution in [2.75, 3.05) is 0 Å². The van der Waals surface area contributed by atoms with Gasteiger partial charge in [-0.05, 0) is 42.7 Å². The summed E-state index contributed by atoms with van der Waals surface area (Å²) in [6, 6.07) is 11.6. The highest BCUT2D eigenvalue weighted by atomic mass is 14.1. The number of aryl methyl sites for hydroxylation is 1. The Hall–Kier alpha value is -0.780. The lowest BCUT2D eigenvalue weighted by Crippen LogP contribution is -2.03. The summed E-state index contributed by atoms with van der Waals surface area (Å²) in [5, 5.41) is 0. The summed E-state index contributed by atoms with van der Waals surface area (Å²) in [5.41, 5.74) is 1.36. The van der Waals surface area contributed by atoms with Gasteiger partial charge in [-0.3, -0.25) is 0 Å². The van der Waals surface area contributed by atoms with Gasteiger partial charge in [-0.25, -0.2) is 0 Å². The first kappa shape index (κ1) is 12.3. The fourth-order valence-electron chi connectivity index (χ4n) is 1.96. The van der Waals surface area contributed by atoms with Gasteiger partial charge in [0.05, 0.1) is 0 Å². The van der Waals surface area contributed by atoms with Crippen molar-refractivity contribution in [1.82, 2.24) is 0 Å². The van der Waals surface area contributed by atoms with Crippen LogP contribution in [0.3, 0.4) is 0 Å². The molecule has 1 radical (unpaired) electrons. The number of benzene rings is 1. The average Bonchev–Trinajstić information content (AvgIpc) is 2.27. The van der Waals surface area contributed by atoms with Crippen LogP contribution in [0.1, 0.15) is 45.6 Å². The molecule has 0 saturated heterocycles. The summed E-state index contributed by atoms with van der Waals surface area (Å²) in [6.07, 6.45) is 5.15. The van der Waals surface area contributed by atoms with E-state index in [1.165, 1.54) is 31.2 Å². The fraction of sp³-hybridized carbons (Fsp3) is 0.600. The number of hydrogen-bond acceptors (Lipinski definition) is 0. The van der Waals surface area contributed by atoms with Crippen LogP contribution in [0.15, 0.2) is 24.3 Å². The van der Waals surface area contributed by atoms with Gasteiger partial charge in [-0.1, -0.05) is 51.5 Å². The molecule has 83 valence electrons. The predicted molar refractivity (Wildman–Crippen MR) is 66.8 cm³/mol. The van der Waals surface area contributed by atoms with E-state index in [-0.39, 0.29) is 0 Å². The van der Waals surface area contributed by atoms with Gasteiger partial charge in [0.2, 0.25) is 0 Å². The third-order valence-corrected chi connectivity index (χ3v) is 3.18. The van der Waals surface area contributed by atoms with Crippen LogP contribution in [0.4, 0.5) is 0 Å². The minimum atomic E-state index is 0.841. The molecule has 0 aliphatic heterocycles. The lowest BCUT2D eigenvalue weighted by molar-refractivity contribution is 0.387. The van der Waals surface area contributed by atoms with E-state index < -0.39 is 0 Å². The molecule has 0 amide bonds. The first-order chi connectivity index (χ1) is 7.22. The molecule has 15 heavy (non-hydrogen) atoms. The molecule has 0 N–H and O–H groups in total. The zero-order chi connectivity index (χ0) is 11.1. The summed E-state index contributed by atoms with van der Waals surface area (Å²) in [6.45, 7) is 7.00. The molecule has 0 heterocycles. The molecule has 0 heteroatoms. The van der Waals surface area contributed by atoms with Crippen LogP contribution in [-0.2, 0) is 6.42 Å². The minimum absolute atomic E-state index is 0.841. The van der Waals surface area contributed by atoms with Gasteiger partial charge in [0.25, 0.3) is 0 Å². The molecule has 0 aliphatic carbocycles. The van der Waals surface area contributed by atoms with Crippen LogP contribution in [-0.4, -0.2) is 0 Å². The van der Waals surface area contributed by atoms with E-state index in [1.54, 1.807) is 0 Å². The topological polar surface area (TPSA) is 0 Å². The molecule has 0 fully saturated rings. The molecule has 1 aromatic rings. The third-order valence-electron chi connectivity index (χ3n) is 3.18. The van der Waals surface area contributed by atoms with E-state index in [2.05, 4.69) is 39.0 Å². The zero-order valence-corrected chi connectivity index (χ0v) is 10.3. The molecule has 0 spiro atoms. The van der Waals surface area contributed by atoms with Crippen LogP contribution in [0, 0.1) is 17.9 Å². The summed E-state index contributed by atoms with van der Waals surface area (Å²) < 4.78 is 0. The van der Waals surface area contributed by atoms with Crippen LogP contribution < -0.4 is 0 Å². The largest absolute Gasteiger partial charge is 0.0651 e. The van der Waals surface area contributed by atoms with Gasteiger partial charge >= 0.3 is 0 Å². The molecule has 0 nitrogen and oxygen atoms in total. The monoisotopic (exact) mass is 203 g/mol. The summed E-state index contributed by atoms with van der Waals surface area (Å²) in [7, 11) is 0. The Bertz CT molecular complexity index is 250. The second-order valence-electron chi connectivity index (χ2n) is 4.78. The third kappa shape index (κ3) is 5.01. The highest BCUT2D eigenvalue weighted by Gasteiger charge is 2.07. The Labute approximate surface area is 94.7 Å². The highest BCUT2D eigenvalue weighted by Crippen LogP contribution is 2.19. The van der Waals surface area contributed by atoms with Crippen molar-refractivity contribution in [3.63, 3.8) is 0 Å². The molecule has 1 rings (SSSR count). The SMILES string of the molecule is CCC(C)CC(C)CCc1[c]cccc1. The Morgan fingerprint density at radius 3 is 2.60 bits per heavy atom. The van der Waals surface area contributed by atoms with Gasteiger partial charge < -0.3 is 0 Å². The molecular weight excluding hydrogens is 180 g/mol. The second kappa shape index (κ2) is 6.66. The summed E-state index contributed by atoms with van der Waals surface area (Å²) in [4.78, 5) is 0. The Kier molecular flexibility index (Phi) is 5.45. The van der Waals surface area contributed by atoms with Gasteiger partial charge in [0.1, 0.15) is 0 Å². The Morgan fingerprint density at radius 1 is 1.20 bits per heavy atom. The van der Waals surface area contributed by atoms with Crippen molar-refractivity contribution in [3.8, 4) is 0 Å². The van der Waals surface area contributed by atoms with E-state index in [0.717, 1.165) is 11.8 Å². The van der Waals surface area contributed by atoms with Gasteiger partial charge in [-0.2, -0.15) is 0 Å². The first-order valence-corrected chi connectivity index (χ1v) is 6.18. The molecule has 0 saturated carbocycles. The molecular formula is C15H23. The van der Waals surface area contributed by atoms with Crippen LogP contribution in [0.5, 0.6) is 0 Å². The van der Waals surface area contributed by atoms with E-state index >= 15 is 0 Å². The van der Waals surface area contributed by atoms with Crippen LogP contribution in [0.25, 0.3) is 0 Å². The normalized spacial score (nSPS) is 14.9. The standard InChI is InChI=1S/C15H23/c1-4-13(2)12-14(3)10-11-15-8-6-5-7-9-15/h5-8,13-14H,4,10-12H2,1-3H3. The Balaban J connectivity index is 2.25. The van der Waals surface area contributed by atoms with Gasteiger partial charge in [0, 0.05) is 0 Å². The summed E-state index contributed by atoms with van der Waals surface area (Å²) >= 11 is 0. The van der Waals surface area contributed by atoms with Gasteiger partial charge in [0.15, 0.2) is 0 Å². The minimum Gasteiger partial charge on any atom is -0.0651 e. The molecule has 0 aromatic heterocycles. The molecule has 0 bridgehead atoms. The first-order valence-electron chi connectivity index (χ1n) is 6.18. The molecule has 0 aliphatic rings. The van der Waals surface area contributed by atoms with Crippen molar-refractivity contribution >= 4 is 0 Å². The van der Waals surface area contributed by atoms with Crippen molar-refractivity contribution in [1.29, 1.82) is 0 Å². The van der Waals surface area contributed by atoms with E-state index in [4.69, 9.17) is 0 Å². The van der Waals surface area contributed by atoms with Crippen LogP contribution in [0.2, 0.25) is 0 Å². The predicted octanol–water partition coefficient (Wildman–Crippen LogP) is 4.49. The molecule has 2 atom stereocenters. The maximum atomic E-state index is 3.29. The lowest BCUT2D eigenvalue weighted by atomic mass is 9.91. The molecule has 2 unspecified atom stereocenters. The van der Waals surface area contributed by atoms with Crippen molar-refractivity contribution < 1.29 is 0 Å². The fourth-order valence-corrected chi connectivity index (χ4v) is 1.96. The highest BCUT2D eigenvalue weighted by molar-refractivity contribution is 5.12. The zero-order valence-electron chi connectivity index (χ0n) is 10.3. The van der Waals surface area contributed by atoms with Gasteiger partial charge in [-0.15, -0.1) is 0 Å².